The molecule has 0 aliphatic rings. The Morgan fingerprint density at radius 3 is 2.87 bits per heavy atom. The van der Waals surface area contributed by atoms with Gasteiger partial charge in [-0.1, -0.05) is 6.07 Å². The van der Waals surface area contributed by atoms with E-state index in [1.165, 1.54) is 0 Å². The Labute approximate surface area is 84.4 Å². The molecule has 0 spiro atoms. The van der Waals surface area contributed by atoms with Crippen molar-refractivity contribution >= 4 is 11.2 Å². The average molecular weight is 198 g/mol. The summed E-state index contributed by atoms with van der Waals surface area (Å²) in [5.41, 5.74) is 2.66. The van der Waals surface area contributed by atoms with Gasteiger partial charge in [-0.25, -0.2) is 0 Å². The Morgan fingerprint density at radius 1 is 1.00 bits per heavy atom. The molecule has 3 aromatic rings. The fraction of sp³-hybridized carbons (Fsp3) is 0. The molecular weight excluding hydrogens is 192 g/mol. The first kappa shape index (κ1) is 7.98. The molecule has 72 valence electrons. The van der Waals surface area contributed by atoms with Crippen LogP contribution < -0.4 is 0 Å². The predicted octanol–water partition coefficient (Wildman–Crippen LogP) is 0.810. The first-order valence-electron chi connectivity index (χ1n) is 4.39. The van der Waals surface area contributed by atoms with Crippen LogP contribution >= 0.6 is 0 Å². The van der Waals surface area contributed by atoms with E-state index in [2.05, 4.69) is 30.6 Å². The molecule has 3 rings (SSSR count). The summed E-state index contributed by atoms with van der Waals surface area (Å²) in [5, 5.41) is 18.2. The van der Waals surface area contributed by atoms with E-state index >= 15 is 0 Å². The largest absolute Gasteiger partial charge is 0.255 e. The molecule has 15 heavy (non-hydrogen) atoms. The zero-order valence-corrected chi connectivity index (χ0v) is 7.62. The van der Waals surface area contributed by atoms with E-state index in [9.17, 15) is 0 Å². The number of H-pyrrole nitrogens is 1. The summed E-state index contributed by atoms with van der Waals surface area (Å²) in [7, 11) is 0. The molecule has 0 saturated heterocycles. The second-order valence-corrected chi connectivity index (χ2v) is 2.98. The van der Waals surface area contributed by atoms with Crippen molar-refractivity contribution in [1.82, 2.24) is 30.6 Å². The van der Waals surface area contributed by atoms with Crippen molar-refractivity contribution in [3.05, 3.63) is 30.5 Å². The lowest BCUT2D eigenvalue weighted by Crippen LogP contribution is -1.90. The van der Waals surface area contributed by atoms with Crippen molar-refractivity contribution < 1.29 is 0 Å². The van der Waals surface area contributed by atoms with Gasteiger partial charge in [0.1, 0.15) is 11.2 Å². The van der Waals surface area contributed by atoms with E-state index in [1.807, 2.05) is 18.2 Å². The van der Waals surface area contributed by atoms with Crippen LogP contribution in [-0.4, -0.2) is 30.6 Å². The SMILES string of the molecule is c1ccc(-c2cc3n[nH]nc3nn2)nc1. The van der Waals surface area contributed by atoms with Crippen molar-refractivity contribution in [3.8, 4) is 11.4 Å². The van der Waals surface area contributed by atoms with Crippen molar-refractivity contribution in [1.29, 1.82) is 0 Å². The Balaban J connectivity index is 2.19. The Hall–Kier alpha value is -2.37. The number of nitrogens with one attached hydrogen (secondary N) is 1. The lowest BCUT2D eigenvalue weighted by atomic mass is 10.2. The van der Waals surface area contributed by atoms with Crippen molar-refractivity contribution in [3.63, 3.8) is 0 Å². The molecule has 0 bridgehead atoms. The number of rotatable bonds is 1. The number of aromatic nitrogens is 6. The lowest BCUT2D eigenvalue weighted by molar-refractivity contribution is 0.946. The molecule has 0 aliphatic carbocycles. The molecule has 0 aliphatic heterocycles. The van der Waals surface area contributed by atoms with E-state index in [4.69, 9.17) is 0 Å². The second-order valence-electron chi connectivity index (χ2n) is 2.98. The average Bonchev–Trinajstić information content (AvgIpc) is 2.77. The molecule has 6 heteroatoms. The summed E-state index contributed by atoms with van der Waals surface area (Å²) in [6.07, 6.45) is 1.71. The maximum Gasteiger partial charge on any atom is 0.223 e. The van der Waals surface area contributed by atoms with Crippen LogP contribution in [0.2, 0.25) is 0 Å². The van der Waals surface area contributed by atoms with E-state index in [0.717, 1.165) is 5.69 Å². The molecule has 1 N–H and O–H groups in total. The van der Waals surface area contributed by atoms with Gasteiger partial charge in [0.15, 0.2) is 0 Å². The highest BCUT2D eigenvalue weighted by Gasteiger charge is 2.05. The molecule has 3 heterocycles. The van der Waals surface area contributed by atoms with Crippen LogP contribution in [0.1, 0.15) is 0 Å². The maximum absolute atomic E-state index is 4.18. The van der Waals surface area contributed by atoms with E-state index in [0.29, 0.717) is 16.9 Å². The Kier molecular flexibility index (Phi) is 1.64. The third kappa shape index (κ3) is 1.32. The summed E-state index contributed by atoms with van der Waals surface area (Å²) in [5.74, 6) is 0. The second kappa shape index (κ2) is 3.09. The fourth-order valence-electron chi connectivity index (χ4n) is 1.30. The number of hydrogen-bond donors (Lipinski definition) is 1. The fourth-order valence-corrected chi connectivity index (χ4v) is 1.30. The lowest BCUT2D eigenvalue weighted by Gasteiger charge is -1.96. The normalized spacial score (nSPS) is 10.7. The topological polar surface area (TPSA) is 80.2 Å². The number of aromatic amines is 1. The smallest absolute Gasteiger partial charge is 0.223 e. The highest BCUT2D eigenvalue weighted by Crippen LogP contribution is 2.14. The standard InChI is InChI=1S/C9H6N6/c1-2-4-10-6(3-1)7-5-8-9(13-11-7)14-15-12-8/h1-5H,(H,12,13,14,15). The van der Waals surface area contributed by atoms with Gasteiger partial charge in [0.2, 0.25) is 5.65 Å². The van der Waals surface area contributed by atoms with Crippen LogP contribution in [0.25, 0.3) is 22.6 Å². The summed E-state index contributed by atoms with van der Waals surface area (Å²) >= 11 is 0. The van der Waals surface area contributed by atoms with Gasteiger partial charge in [-0.2, -0.15) is 10.3 Å². The van der Waals surface area contributed by atoms with Crippen LogP contribution in [0.5, 0.6) is 0 Å². The van der Waals surface area contributed by atoms with Gasteiger partial charge in [0, 0.05) is 6.20 Å². The predicted molar refractivity (Wildman–Crippen MR) is 52.7 cm³/mol. The molecular formula is C9H6N6. The summed E-state index contributed by atoms with van der Waals surface area (Å²) in [6.45, 7) is 0. The number of fused-ring (bicyclic) bond motifs is 1. The molecule has 0 atom stereocenters. The maximum atomic E-state index is 4.18. The van der Waals surface area contributed by atoms with Crippen LogP contribution in [0.15, 0.2) is 30.5 Å². The summed E-state index contributed by atoms with van der Waals surface area (Å²) in [4.78, 5) is 4.18. The van der Waals surface area contributed by atoms with Crippen molar-refractivity contribution in [2.75, 3.05) is 0 Å². The third-order valence-electron chi connectivity index (χ3n) is 2.01. The molecule has 0 radical (unpaired) electrons. The molecule has 0 fully saturated rings. The highest BCUT2D eigenvalue weighted by atomic mass is 15.4. The molecule has 6 nitrogen and oxygen atoms in total. The van der Waals surface area contributed by atoms with Gasteiger partial charge in [-0.3, -0.25) is 4.98 Å². The van der Waals surface area contributed by atoms with Gasteiger partial charge in [-0.05, 0) is 18.2 Å². The zero-order chi connectivity index (χ0) is 10.1. The minimum atomic E-state index is 0.509. The molecule has 0 amide bonds. The molecule has 3 aromatic heterocycles. The molecule has 0 saturated carbocycles. The van der Waals surface area contributed by atoms with Crippen LogP contribution in [-0.2, 0) is 0 Å². The van der Waals surface area contributed by atoms with E-state index < -0.39 is 0 Å². The highest BCUT2D eigenvalue weighted by molar-refractivity contribution is 5.73. The first-order chi connectivity index (χ1) is 7.43. The quantitative estimate of drug-likeness (QED) is 0.625. The third-order valence-corrected chi connectivity index (χ3v) is 2.01. The Morgan fingerprint density at radius 2 is 2.00 bits per heavy atom. The monoisotopic (exact) mass is 198 g/mol. The van der Waals surface area contributed by atoms with Crippen molar-refractivity contribution in [2.45, 2.75) is 0 Å². The van der Waals surface area contributed by atoms with Crippen LogP contribution in [0.4, 0.5) is 0 Å². The minimum absolute atomic E-state index is 0.509. The van der Waals surface area contributed by atoms with Gasteiger partial charge in [0.05, 0.1) is 5.69 Å². The molecule has 0 unspecified atom stereocenters. The van der Waals surface area contributed by atoms with Gasteiger partial charge < -0.3 is 0 Å². The molecule has 0 aromatic carbocycles. The number of pyridine rings is 1. The van der Waals surface area contributed by atoms with Gasteiger partial charge in [0.25, 0.3) is 0 Å². The van der Waals surface area contributed by atoms with Crippen LogP contribution in [0, 0.1) is 0 Å². The Bertz CT molecular complexity index is 588. The minimum Gasteiger partial charge on any atom is -0.255 e. The number of hydrogen-bond acceptors (Lipinski definition) is 5. The number of nitrogens with zero attached hydrogens (tertiary/aromatic N) is 5. The van der Waals surface area contributed by atoms with Crippen LogP contribution in [0.3, 0.4) is 0 Å². The summed E-state index contributed by atoms with van der Waals surface area (Å²) in [6, 6.07) is 7.42. The first-order valence-corrected chi connectivity index (χ1v) is 4.39. The van der Waals surface area contributed by atoms with E-state index in [-0.39, 0.29) is 0 Å². The van der Waals surface area contributed by atoms with Gasteiger partial charge in [-0.15, -0.1) is 15.3 Å². The van der Waals surface area contributed by atoms with Crippen molar-refractivity contribution in [2.24, 2.45) is 0 Å². The van der Waals surface area contributed by atoms with Gasteiger partial charge >= 0.3 is 0 Å². The van der Waals surface area contributed by atoms with E-state index in [1.54, 1.807) is 12.3 Å². The zero-order valence-electron chi connectivity index (χ0n) is 7.62. The summed E-state index contributed by atoms with van der Waals surface area (Å²) < 4.78 is 0.